The summed E-state index contributed by atoms with van der Waals surface area (Å²) in [4.78, 5) is 2.00. The molecule has 0 aliphatic carbocycles. The van der Waals surface area contributed by atoms with Gasteiger partial charge in [-0.15, -0.1) is 0 Å². The lowest BCUT2D eigenvalue weighted by atomic mass is 10.1. The predicted octanol–water partition coefficient (Wildman–Crippen LogP) is 6.50. The van der Waals surface area contributed by atoms with Gasteiger partial charge in [0, 0.05) is 12.6 Å². The van der Waals surface area contributed by atoms with Crippen LogP contribution in [-0.2, 0) is 26.8 Å². The van der Waals surface area contributed by atoms with Crippen LogP contribution in [0, 0.1) is 0 Å². The summed E-state index contributed by atoms with van der Waals surface area (Å²) in [6, 6.07) is 23.5. The molecule has 0 spiro atoms. The molecule has 0 fully saturated rings. The van der Waals surface area contributed by atoms with Gasteiger partial charge in [-0.3, -0.25) is 9.11 Å². The highest BCUT2D eigenvalue weighted by Crippen LogP contribution is 2.42. The number of allylic oxidation sites excluding steroid dienone is 2. The number of anilines is 1. The molecule has 1 aliphatic heterocycles. The molecule has 0 saturated carbocycles. The normalized spacial score (nSPS) is 15.6. The second-order valence-corrected chi connectivity index (χ2v) is 14.9. The summed E-state index contributed by atoms with van der Waals surface area (Å²) in [5, 5.41) is 2.81. The highest BCUT2D eigenvalue weighted by molar-refractivity contribution is 7.86. The highest BCUT2D eigenvalue weighted by Gasteiger charge is 2.31. The smallest absolute Gasteiger partial charge is 0.374 e. The van der Waals surface area contributed by atoms with Crippen molar-refractivity contribution in [2.24, 2.45) is 0 Å². The Morgan fingerprint density at radius 1 is 0.935 bits per heavy atom. The minimum Gasteiger partial charge on any atom is -0.439 e. The summed E-state index contributed by atoms with van der Waals surface area (Å²) in [7, 11) is -8.39. The summed E-state index contributed by atoms with van der Waals surface area (Å²) in [5.41, 5.74) is 2.97. The van der Waals surface area contributed by atoms with Gasteiger partial charge in [-0.1, -0.05) is 55.5 Å². The highest BCUT2D eigenvalue weighted by atomic mass is 32.2. The predicted molar refractivity (Wildman–Crippen MR) is 179 cm³/mol. The van der Waals surface area contributed by atoms with Gasteiger partial charge in [0.15, 0.2) is 12.3 Å². The standard InChI is InChI=1S/C34H34N2O8S2/c1-3-24(19-33-36(22-23(2)46(40,41)42)34-28-13-7-6-10-25(28)14-15-30(34)43-33)18-32-35(16-8-9-17-45(37,38)39)29-20-26-11-4-5-12-27(26)21-31(29)44-32/h4-7,10-15,18-21,23H,3,8-9,16-17,22H2,1-2H3,(H-,37,38,39,40,41,42)/p+1. The maximum absolute atomic E-state index is 12.1. The Morgan fingerprint density at radius 3 is 2.33 bits per heavy atom. The second kappa shape index (κ2) is 12.5. The van der Waals surface area contributed by atoms with E-state index in [1.165, 1.54) is 6.92 Å². The van der Waals surface area contributed by atoms with Crippen molar-refractivity contribution in [3.05, 3.63) is 96.2 Å². The minimum absolute atomic E-state index is 0.0341. The molecule has 240 valence electrons. The SMILES string of the molecule is CCC(=C/c1oc2ccc3ccccc3c2[n+]1CC(C)S(=O)(=O)O)/C=C1/Oc2cc3ccccc3cc2N1CCCCS(=O)(=O)O. The van der Waals surface area contributed by atoms with Crippen molar-refractivity contribution in [1.82, 2.24) is 0 Å². The zero-order valence-corrected chi connectivity index (χ0v) is 27.1. The van der Waals surface area contributed by atoms with Crippen molar-refractivity contribution in [3.8, 4) is 5.75 Å². The number of unbranched alkanes of at least 4 members (excludes halogenated alkanes) is 1. The monoisotopic (exact) mass is 663 g/mol. The number of benzene rings is 4. The number of aromatic nitrogens is 1. The van der Waals surface area contributed by atoms with Crippen LogP contribution in [0.25, 0.3) is 38.7 Å². The van der Waals surface area contributed by atoms with E-state index < -0.39 is 25.5 Å². The van der Waals surface area contributed by atoms with Crippen molar-refractivity contribution in [2.75, 3.05) is 17.2 Å². The Balaban J connectivity index is 1.43. The van der Waals surface area contributed by atoms with Gasteiger partial charge in [0.25, 0.3) is 25.8 Å². The van der Waals surface area contributed by atoms with Crippen LogP contribution in [0.4, 0.5) is 5.69 Å². The van der Waals surface area contributed by atoms with E-state index in [1.807, 2.05) is 96.8 Å². The van der Waals surface area contributed by atoms with Crippen LogP contribution >= 0.6 is 0 Å². The fourth-order valence-electron chi connectivity index (χ4n) is 5.76. The van der Waals surface area contributed by atoms with Gasteiger partial charge in [0.2, 0.25) is 11.5 Å². The number of ether oxygens (including phenoxy) is 1. The summed E-state index contributed by atoms with van der Waals surface area (Å²) in [6.07, 6.45) is 5.09. The maximum atomic E-state index is 12.1. The van der Waals surface area contributed by atoms with E-state index in [1.54, 1.807) is 4.57 Å². The minimum atomic E-state index is -4.32. The third-order valence-electron chi connectivity index (χ3n) is 8.22. The third kappa shape index (κ3) is 6.66. The molecule has 4 aromatic carbocycles. The van der Waals surface area contributed by atoms with Crippen molar-refractivity contribution in [2.45, 2.75) is 44.9 Å². The molecule has 0 radical (unpaired) electrons. The fourth-order valence-corrected chi connectivity index (χ4v) is 6.66. The lowest BCUT2D eigenvalue weighted by Gasteiger charge is -2.19. The van der Waals surface area contributed by atoms with Crippen LogP contribution in [0.3, 0.4) is 0 Å². The summed E-state index contributed by atoms with van der Waals surface area (Å²) in [6.45, 7) is 3.86. The first-order valence-corrected chi connectivity index (χ1v) is 18.2. The molecule has 1 atom stereocenters. The Hall–Kier alpha value is -4.23. The molecule has 12 heteroatoms. The number of hydrogen-bond acceptors (Lipinski definition) is 7. The first kappa shape index (κ1) is 31.7. The van der Waals surface area contributed by atoms with Gasteiger partial charge in [-0.05, 0) is 72.2 Å². The summed E-state index contributed by atoms with van der Waals surface area (Å²) >= 11 is 0. The average molecular weight is 664 g/mol. The molecule has 5 aromatic rings. The Bertz CT molecular complexity index is 2240. The molecule has 0 amide bonds. The van der Waals surface area contributed by atoms with E-state index in [-0.39, 0.29) is 18.7 Å². The molecular formula is C34H35N2O8S2+. The van der Waals surface area contributed by atoms with Gasteiger partial charge in [0.05, 0.1) is 22.9 Å². The molecule has 1 aromatic heterocycles. The molecule has 1 aliphatic rings. The molecule has 2 N–H and O–H groups in total. The first-order valence-electron chi connectivity index (χ1n) is 15.1. The Kier molecular flexibility index (Phi) is 8.64. The van der Waals surface area contributed by atoms with Crippen LogP contribution in [0.5, 0.6) is 5.75 Å². The van der Waals surface area contributed by atoms with Crippen molar-refractivity contribution in [1.29, 1.82) is 0 Å². The van der Waals surface area contributed by atoms with Crippen LogP contribution < -0.4 is 14.2 Å². The Labute approximate surface area is 267 Å². The number of rotatable bonds is 11. The second-order valence-electron chi connectivity index (χ2n) is 11.5. The van der Waals surface area contributed by atoms with Gasteiger partial charge >= 0.3 is 5.89 Å². The molecular weight excluding hydrogens is 629 g/mol. The van der Waals surface area contributed by atoms with Gasteiger partial charge in [-0.2, -0.15) is 21.4 Å². The quantitative estimate of drug-likeness (QED) is 0.0921. The van der Waals surface area contributed by atoms with E-state index in [2.05, 4.69) is 0 Å². The van der Waals surface area contributed by atoms with Gasteiger partial charge in [0.1, 0.15) is 5.25 Å². The number of nitrogens with zero attached hydrogens (tertiary/aromatic N) is 2. The summed E-state index contributed by atoms with van der Waals surface area (Å²) < 4.78 is 80.4. The number of hydrogen-bond donors (Lipinski definition) is 2. The molecule has 0 bridgehead atoms. The topological polar surface area (TPSA) is 138 Å². The molecule has 10 nitrogen and oxygen atoms in total. The van der Waals surface area contributed by atoms with Gasteiger partial charge < -0.3 is 14.1 Å². The van der Waals surface area contributed by atoms with Crippen LogP contribution in [0.1, 0.15) is 39.0 Å². The molecule has 46 heavy (non-hydrogen) atoms. The van der Waals surface area contributed by atoms with E-state index in [4.69, 9.17) is 9.15 Å². The lowest BCUT2D eigenvalue weighted by Crippen LogP contribution is -2.43. The maximum Gasteiger partial charge on any atom is 0.374 e. The Morgan fingerprint density at radius 2 is 1.63 bits per heavy atom. The lowest BCUT2D eigenvalue weighted by molar-refractivity contribution is -0.676. The average Bonchev–Trinajstić information content (AvgIpc) is 3.53. The largest absolute Gasteiger partial charge is 0.439 e. The van der Waals surface area contributed by atoms with Crippen molar-refractivity contribution < 1.29 is 39.7 Å². The number of fused-ring (bicyclic) bond motifs is 5. The fraction of sp³-hybridized carbons (Fsp3) is 0.265. The molecule has 6 rings (SSSR count). The van der Waals surface area contributed by atoms with E-state index in [0.29, 0.717) is 42.5 Å². The van der Waals surface area contributed by atoms with Crippen molar-refractivity contribution in [3.63, 3.8) is 0 Å². The third-order valence-corrected chi connectivity index (χ3v) is 10.2. The molecule has 2 heterocycles. The zero-order valence-electron chi connectivity index (χ0n) is 25.5. The van der Waals surface area contributed by atoms with E-state index >= 15 is 0 Å². The van der Waals surface area contributed by atoms with Gasteiger partial charge in [-0.25, -0.2) is 0 Å². The zero-order chi connectivity index (χ0) is 32.6. The first-order chi connectivity index (χ1) is 21.9. The molecule has 0 saturated heterocycles. The van der Waals surface area contributed by atoms with E-state index in [0.717, 1.165) is 38.3 Å². The molecule has 1 unspecified atom stereocenters. The van der Waals surface area contributed by atoms with Crippen LogP contribution in [0.15, 0.2) is 94.7 Å². The van der Waals surface area contributed by atoms with Crippen molar-refractivity contribution >= 4 is 64.6 Å². The van der Waals surface area contributed by atoms with Crippen LogP contribution in [-0.4, -0.2) is 43.5 Å². The van der Waals surface area contributed by atoms with E-state index in [9.17, 15) is 25.9 Å². The van der Waals surface area contributed by atoms with Crippen LogP contribution in [0.2, 0.25) is 0 Å². The summed E-state index contributed by atoms with van der Waals surface area (Å²) in [5.74, 6) is 1.30. The number of oxazole rings is 1.